The highest BCUT2D eigenvalue weighted by atomic mass is 32.2. The van der Waals surface area contributed by atoms with Crippen molar-refractivity contribution in [1.29, 1.82) is 0 Å². The minimum Gasteiger partial charge on any atom is -0.358 e. The van der Waals surface area contributed by atoms with Gasteiger partial charge in [0.1, 0.15) is 17.7 Å². The summed E-state index contributed by atoms with van der Waals surface area (Å²) in [6.45, 7) is 10.8. The number of nitrogens with one attached hydrogen (secondary N) is 1. The van der Waals surface area contributed by atoms with Crippen LogP contribution < -0.4 is 10.9 Å². The Labute approximate surface area is 235 Å². The minimum atomic E-state index is -3.45. The smallest absolute Gasteiger partial charge is 0.295 e. The summed E-state index contributed by atoms with van der Waals surface area (Å²) in [6.07, 6.45) is 1.67. The van der Waals surface area contributed by atoms with E-state index in [9.17, 15) is 22.0 Å². The van der Waals surface area contributed by atoms with Crippen LogP contribution in [0.1, 0.15) is 62.7 Å². The summed E-state index contributed by atoms with van der Waals surface area (Å²) >= 11 is 0. The molecule has 1 fully saturated rings. The highest BCUT2D eigenvalue weighted by Gasteiger charge is 2.31. The van der Waals surface area contributed by atoms with Gasteiger partial charge in [0, 0.05) is 12.1 Å². The van der Waals surface area contributed by atoms with E-state index in [2.05, 4.69) is 46.9 Å². The Kier molecular flexibility index (Phi) is 8.66. The van der Waals surface area contributed by atoms with Gasteiger partial charge in [-0.2, -0.15) is 0 Å². The van der Waals surface area contributed by atoms with E-state index < -0.39 is 27.9 Å². The molecule has 1 atom stereocenters. The molecule has 3 aromatic rings. The number of amidine groups is 1. The first-order chi connectivity index (χ1) is 19.4. The van der Waals surface area contributed by atoms with E-state index in [1.54, 1.807) is 13.8 Å². The van der Waals surface area contributed by atoms with Gasteiger partial charge in [-0.3, -0.25) is 9.36 Å². The maximum absolute atomic E-state index is 14.0. The Bertz CT molecular complexity index is 1730. The summed E-state index contributed by atoms with van der Waals surface area (Å²) < 4.78 is 52.9. The monoisotopic (exact) mass is 587 g/mol. The molecule has 3 heterocycles. The number of aryl methyl sites for hydroxylation is 2. The zero-order chi connectivity index (χ0) is 30.1. The van der Waals surface area contributed by atoms with Crippen LogP contribution in [-0.4, -0.2) is 69.2 Å². The first kappa shape index (κ1) is 30.0. The molecule has 0 amide bonds. The van der Waals surface area contributed by atoms with Crippen molar-refractivity contribution in [2.75, 3.05) is 17.6 Å². The summed E-state index contributed by atoms with van der Waals surface area (Å²) in [5.41, 5.74) is 1.70. The third-order valence-electron chi connectivity index (χ3n) is 6.80. The van der Waals surface area contributed by atoms with Crippen LogP contribution in [0.25, 0.3) is 22.6 Å². The molecule has 41 heavy (non-hydrogen) atoms. The summed E-state index contributed by atoms with van der Waals surface area (Å²) in [6, 6.07) is -1.54. The molecule has 3 aromatic heterocycles. The number of allylic oxidation sites excluding steroid dienone is 1. The molecule has 0 bridgehead atoms. The fourth-order valence-corrected chi connectivity index (χ4v) is 4.82. The molecule has 1 aliphatic rings. The van der Waals surface area contributed by atoms with Crippen molar-refractivity contribution in [2.45, 2.75) is 65.8 Å². The van der Waals surface area contributed by atoms with Gasteiger partial charge in [0.05, 0.1) is 45.9 Å². The number of hydrogen-bond acceptors (Lipinski definition) is 10. The average molecular weight is 588 g/mol. The highest BCUT2D eigenvalue weighted by Crippen LogP contribution is 2.43. The van der Waals surface area contributed by atoms with Crippen molar-refractivity contribution in [3.8, 4) is 11.4 Å². The van der Waals surface area contributed by atoms with Crippen molar-refractivity contribution in [3.63, 3.8) is 0 Å². The van der Waals surface area contributed by atoms with Crippen LogP contribution in [0.2, 0.25) is 0 Å². The molecule has 4 rings (SSSR count). The van der Waals surface area contributed by atoms with Crippen LogP contribution in [0.4, 0.5) is 14.6 Å². The lowest BCUT2D eigenvalue weighted by Crippen LogP contribution is -2.32. The van der Waals surface area contributed by atoms with E-state index in [0.717, 1.165) is 29.3 Å². The van der Waals surface area contributed by atoms with Crippen molar-refractivity contribution >= 4 is 39.4 Å². The Morgan fingerprint density at radius 3 is 2.54 bits per heavy atom. The van der Waals surface area contributed by atoms with Crippen LogP contribution in [0.15, 0.2) is 32.2 Å². The van der Waals surface area contributed by atoms with Gasteiger partial charge < -0.3 is 5.32 Å². The number of aromatic nitrogens is 6. The molecular formula is C26H31F2N9O3S. The number of anilines is 1. The van der Waals surface area contributed by atoms with Gasteiger partial charge in [0.25, 0.3) is 12.0 Å². The number of hydrogen-bond donors (Lipinski definition) is 1. The molecule has 12 nitrogen and oxygen atoms in total. The Balaban J connectivity index is 1.82. The SMILES string of the molecule is C=N/C(CNc1nc2c(C)nc(-c3c(C)ncnc3C3CC3)nc2n([C@H](C)C(F)F)c1=O)=N\C=C(/C)S(=O)(=O)CC. The molecule has 1 aliphatic carbocycles. The molecule has 0 radical (unpaired) electrons. The third-order valence-corrected chi connectivity index (χ3v) is 8.65. The zero-order valence-electron chi connectivity index (χ0n) is 23.4. The molecule has 0 aliphatic heterocycles. The van der Waals surface area contributed by atoms with E-state index in [0.29, 0.717) is 17.0 Å². The van der Waals surface area contributed by atoms with Crippen molar-refractivity contribution < 1.29 is 17.2 Å². The Hall–Kier alpha value is -4.01. The van der Waals surface area contributed by atoms with Crippen LogP contribution in [0, 0.1) is 13.8 Å². The number of alkyl halides is 2. The predicted molar refractivity (Wildman–Crippen MR) is 153 cm³/mol. The number of nitrogens with zero attached hydrogens (tertiary/aromatic N) is 8. The van der Waals surface area contributed by atoms with Crippen LogP contribution in [0.5, 0.6) is 0 Å². The summed E-state index contributed by atoms with van der Waals surface area (Å²) in [5, 5.41) is 2.77. The van der Waals surface area contributed by atoms with Gasteiger partial charge in [-0.25, -0.2) is 52.1 Å². The standard InChI is InChI=1S/C26H31F2N9O3S/c1-7-41(39,40)13(2)10-30-18(29-6)11-31-24-26(38)37(16(5)22(27)28)25-20(35-24)15(4)34-23(36-25)19-14(3)32-12-33-21(19)17-8-9-17/h10,12,16-17,22H,6-9,11H2,1-5H3,(H,31,35)/b13-10+,30-18-/t16-/m1/s1. The number of sulfone groups is 1. The van der Waals surface area contributed by atoms with Gasteiger partial charge in [-0.1, -0.05) is 6.92 Å². The Morgan fingerprint density at radius 1 is 1.22 bits per heavy atom. The first-order valence-electron chi connectivity index (χ1n) is 13.0. The maximum Gasteiger partial charge on any atom is 0.295 e. The molecule has 0 aromatic carbocycles. The number of aliphatic imine (C=N–C) groups is 2. The van der Waals surface area contributed by atoms with Crippen LogP contribution in [-0.2, 0) is 9.84 Å². The Morgan fingerprint density at radius 2 is 1.93 bits per heavy atom. The van der Waals surface area contributed by atoms with E-state index in [-0.39, 0.29) is 51.8 Å². The van der Waals surface area contributed by atoms with E-state index in [1.807, 2.05) is 0 Å². The first-order valence-corrected chi connectivity index (χ1v) is 14.6. The molecule has 218 valence electrons. The molecule has 15 heteroatoms. The van der Waals surface area contributed by atoms with Gasteiger partial charge >= 0.3 is 0 Å². The van der Waals surface area contributed by atoms with Gasteiger partial charge in [-0.15, -0.1) is 0 Å². The summed E-state index contributed by atoms with van der Waals surface area (Å²) in [5.74, 6) is 0.196. The average Bonchev–Trinajstić information content (AvgIpc) is 3.78. The topological polar surface area (TPSA) is 157 Å². The number of halogens is 2. The van der Waals surface area contributed by atoms with Crippen LogP contribution >= 0.6 is 0 Å². The summed E-state index contributed by atoms with van der Waals surface area (Å²) in [7, 11) is -3.45. The van der Waals surface area contributed by atoms with Gasteiger partial charge in [0.2, 0.25) is 0 Å². The van der Waals surface area contributed by atoms with Crippen molar-refractivity contribution in [3.05, 3.63) is 44.9 Å². The van der Waals surface area contributed by atoms with Crippen molar-refractivity contribution in [2.24, 2.45) is 9.98 Å². The fourth-order valence-electron chi connectivity index (χ4n) is 4.15. The molecule has 1 N–H and O–H groups in total. The van der Waals surface area contributed by atoms with Crippen molar-refractivity contribution in [1.82, 2.24) is 29.5 Å². The molecular weight excluding hydrogens is 556 g/mol. The van der Waals surface area contributed by atoms with E-state index in [4.69, 9.17) is 0 Å². The number of fused-ring (bicyclic) bond motifs is 1. The normalized spacial score (nSPS) is 15.4. The van der Waals surface area contributed by atoms with Gasteiger partial charge in [-0.05, 0) is 47.3 Å². The molecule has 0 unspecified atom stereocenters. The lowest BCUT2D eigenvalue weighted by Gasteiger charge is -2.19. The van der Waals surface area contributed by atoms with E-state index in [1.165, 1.54) is 27.1 Å². The zero-order valence-corrected chi connectivity index (χ0v) is 24.2. The third kappa shape index (κ3) is 6.19. The highest BCUT2D eigenvalue weighted by molar-refractivity contribution is 7.95. The van der Waals surface area contributed by atoms with Crippen LogP contribution in [0.3, 0.4) is 0 Å². The second kappa shape index (κ2) is 11.8. The largest absolute Gasteiger partial charge is 0.358 e. The molecule has 1 saturated carbocycles. The quantitative estimate of drug-likeness (QED) is 0.275. The molecule has 0 spiro atoms. The predicted octanol–water partition coefficient (Wildman–Crippen LogP) is 3.77. The minimum absolute atomic E-state index is 0.0329. The maximum atomic E-state index is 14.0. The lowest BCUT2D eigenvalue weighted by molar-refractivity contribution is 0.0916. The second-order valence-electron chi connectivity index (χ2n) is 9.71. The number of rotatable bonds is 10. The summed E-state index contributed by atoms with van der Waals surface area (Å²) in [4.78, 5) is 43.6. The lowest BCUT2D eigenvalue weighted by atomic mass is 10.1. The molecule has 0 saturated heterocycles. The fraction of sp³-hybridized carbons (Fsp3) is 0.462. The second-order valence-corrected chi connectivity index (χ2v) is 12.2. The van der Waals surface area contributed by atoms with Gasteiger partial charge in [0.15, 0.2) is 27.1 Å². The van der Waals surface area contributed by atoms with E-state index >= 15 is 0 Å².